The summed E-state index contributed by atoms with van der Waals surface area (Å²) in [5.74, 6) is 0.383. The van der Waals surface area contributed by atoms with Gasteiger partial charge in [-0.15, -0.1) is 0 Å². The van der Waals surface area contributed by atoms with Gasteiger partial charge in [-0.1, -0.05) is 78.9 Å². The summed E-state index contributed by atoms with van der Waals surface area (Å²) in [7, 11) is 0. The van der Waals surface area contributed by atoms with Crippen molar-refractivity contribution in [2.75, 3.05) is 5.32 Å². The quantitative estimate of drug-likeness (QED) is 0.186. The molecule has 0 radical (unpaired) electrons. The average molecular weight is 589 g/mol. The zero-order chi connectivity index (χ0) is 27.5. The first-order valence-electron chi connectivity index (χ1n) is 12.5. The molecule has 200 valence electrons. The van der Waals surface area contributed by atoms with Crippen molar-refractivity contribution in [2.24, 2.45) is 5.73 Å². The molecule has 0 saturated heterocycles. The highest BCUT2D eigenvalue weighted by Gasteiger charge is 2.21. The van der Waals surface area contributed by atoms with E-state index in [-0.39, 0.29) is 18.9 Å². The summed E-state index contributed by atoms with van der Waals surface area (Å²) in [5.41, 5.74) is 9.90. The Morgan fingerprint density at radius 3 is 2.13 bits per heavy atom. The van der Waals surface area contributed by atoms with Gasteiger partial charge in [0.1, 0.15) is 19.0 Å². The number of anilines is 1. The molecule has 0 aliphatic rings. The van der Waals surface area contributed by atoms with E-state index < -0.39 is 12.1 Å². The fourth-order valence-electron chi connectivity index (χ4n) is 3.92. The Morgan fingerprint density at radius 1 is 0.795 bits per heavy atom. The highest BCUT2D eigenvalue weighted by Crippen LogP contribution is 2.30. The lowest BCUT2D eigenvalue weighted by atomic mass is 10.0. The van der Waals surface area contributed by atoms with Crippen molar-refractivity contribution in [1.82, 2.24) is 5.32 Å². The molecule has 39 heavy (non-hydrogen) atoms. The Hall–Kier alpha value is -4.14. The van der Waals surface area contributed by atoms with Crippen LogP contribution < -0.4 is 21.1 Å². The number of rotatable bonds is 11. The molecule has 4 rings (SSSR count). The SMILES string of the molecule is NCc1cccc(NC(=O)C[C@H](NC(=O)OCc2ccccc2)c2ccc(OCc3ccccc3)c(Br)c2)c1. The summed E-state index contributed by atoms with van der Waals surface area (Å²) in [6.07, 6.45) is -0.633. The number of halogens is 1. The van der Waals surface area contributed by atoms with E-state index in [1.54, 1.807) is 6.07 Å². The maximum atomic E-state index is 13.0. The van der Waals surface area contributed by atoms with E-state index in [1.807, 2.05) is 97.1 Å². The summed E-state index contributed by atoms with van der Waals surface area (Å²) in [5, 5.41) is 5.73. The first kappa shape index (κ1) is 27.9. The van der Waals surface area contributed by atoms with Crippen LogP contribution in [0.4, 0.5) is 10.5 Å². The topological polar surface area (TPSA) is 103 Å². The van der Waals surface area contributed by atoms with E-state index in [1.165, 1.54) is 0 Å². The summed E-state index contributed by atoms with van der Waals surface area (Å²) < 4.78 is 12.1. The number of benzene rings is 4. The molecule has 4 aromatic rings. The third kappa shape index (κ3) is 8.70. The number of carbonyl (C=O) groups excluding carboxylic acids is 2. The standard InChI is InChI=1S/C31H30BrN3O4/c32-27-17-25(14-15-29(27)38-20-22-8-3-1-4-9-22)28(35-31(37)39-21-23-10-5-2-6-11-23)18-30(36)34-26-13-7-12-24(16-26)19-33/h1-17,28H,18-21,33H2,(H,34,36)(H,35,37)/t28-/m0/s1. The molecular weight excluding hydrogens is 558 g/mol. The summed E-state index contributed by atoms with van der Waals surface area (Å²) >= 11 is 3.57. The summed E-state index contributed by atoms with van der Waals surface area (Å²) in [4.78, 5) is 25.7. The average Bonchev–Trinajstić information content (AvgIpc) is 2.96. The van der Waals surface area contributed by atoms with Crippen LogP contribution in [0.5, 0.6) is 5.75 Å². The number of ether oxygens (including phenoxy) is 2. The van der Waals surface area contributed by atoms with Crippen LogP contribution >= 0.6 is 15.9 Å². The van der Waals surface area contributed by atoms with Crippen LogP contribution in [-0.2, 0) is 29.3 Å². The van der Waals surface area contributed by atoms with Gasteiger partial charge >= 0.3 is 6.09 Å². The smallest absolute Gasteiger partial charge is 0.407 e. The third-order valence-electron chi connectivity index (χ3n) is 5.94. The van der Waals surface area contributed by atoms with Crippen molar-refractivity contribution in [2.45, 2.75) is 32.2 Å². The van der Waals surface area contributed by atoms with Crippen molar-refractivity contribution in [3.8, 4) is 5.75 Å². The van der Waals surface area contributed by atoms with Crippen LogP contribution in [-0.4, -0.2) is 12.0 Å². The Balaban J connectivity index is 1.46. The first-order chi connectivity index (χ1) is 19.0. The van der Waals surface area contributed by atoms with Crippen LogP contribution in [0.3, 0.4) is 0 Å². The lowest BCUT2D eigenvalue weighted by Gasteiger charge is -2.20. The molecule has 2 amide bonds. The highest BCUT2D eigenvalue weighted by molar-refractivity contribution is 9.10. The molecule has 7 nitrogen and oxygen atoms in total. The fourth-order valence-corrected chi connectivity index (χ4v) is 4.43. The van der Waals surface area contributed by atoms with E-state index in [2.05, 4.69) is 26.6 Å². The van der Waals surface area contributed by atoms with Crippen LogP contribution in [0.15, 0.2) is 108 Å². The van der Waals surface area contributed by atoms with Gasteiger partial charge in [0.25, 0.3) is 0 Å². The highest BCUT2D eigenvalue weighted by atomic mass is 79.9. The van der Waals surface area contributed by atoms with Crippen LogP contribution in [0.1, 0.15) is 34.7 Å². The Morgan fingerprint density at radius 2 is 1.46 bits per heavy atom. The minimum Gasteiger partial charge on any atom is -0.488 e. The molecule has 8 heteroatoms. The van der Waals surface area contributed by atoms with Gasteiger partial charge in [0, 0.05) is 12.2 Å². The maximum absolute atomic E-state index is 13.0. The summed E-state index contributed by atoms with van der Waals surface area (Å²) in [6, 6.07) is 31.4. The molecule has 0 aliphatic carbocycles. The molecule has 0 fully saturated rings. The number of nitrogens with one attached hydrogen (secondary N) is 2. The normalized spacial score (nSPS) is 11.3. The van der Waals surface area contributed by atoms with Gasteiger partial charge in [0.05, 0.1) is 16.9 Å². The lowest BCUT2D eigenvalue weighted by molar-refractivity contribution is -0.116. The second kappa shape index (κ2) is 14.1. The van der Waals surface area contributed by atoms with Crippen LogP contribution in [0.2, 0.25) is 0 Å². The Kier molecular flexibility index (Phi) is 10.1. The Labute approximate surface area is 236 Å². The molecular formula is C31H30BrN3O4. The molecule has 0 aliphatic heterocycles. The molecule has 1 atom stereocenters. The predicted molar refractivity (Wildman–Crippen MR) is 155 cm³/mol. The number of amides is 2. The molecule has 4 aromatic carbocycles. The van der Waals surface area contributed by atoms with Gasteiger partial charge in [-0.3, -0.25) is 4.79 Å². The number of hydrogen-bond acceptors (Lipinski definition) is 5. The minimum absolute atomic E-state index is 0.00997. The number of carbonyl (C=O) groups is 2. The first-order valence-corrected chi connectivity index (χ1v) is 13.3. The molecule has 0 spiro atoms. The van der Waals surface area contributed by atoms with Crippen molar-refractivity contribution < 1.29 is 19.1 Å². The van der Waals surface area contributed by atoms with E-state index in [4.69, 9.17) is 15.2 Å². The molecule has 0 saturated carbocycles. The van der Waals surface area contributed by atoms with Crippen molar-refractivity contribution >= 4 is 33.6 Å². The van der Waals surface area contributed by atoms with E-state index >= 15 is 0 Å². The van der Waals surface area contributed by atoms with Gasteiger partial charge in [-0.05, 0) is 62.4 Å². The second-order valence-electron chi connectivity index (χ2n) is 8.88. The van der Waals surface area contributed by atoms with Gasteiger partial charge in [0.15, 0.2) is 0 Å². The Bertz CT molecular complexity index is 1380. The zero-order valence-electron chi connectivity index (χ0n) is 21.3. The molecule has 0 bridgehead atoms. The largest absolute Gasteiger partial charge is 0.488 e. The number of nitrogens with two attached hydrogens (primary N) is 1. The molecule has 4 N–H and O–H groups in total. The number of hydrogen-bond donors (Lipinski definition) is 3. The molecule has 0 heterocycles. The van der Waals surface area contributed by atoms with Gasteiger partial charge in [-0.2, -0.15) is 0 Å². The van der Waals surface area contributed by atoms with Crippen LogP contribution in [0, 0.1) is 0 Å². The van der Waals surface area contributed by atoms with Crippen LogP contribution in [0.25, 0.3) is 0 Å². The number of alkyl carbamates (subject to hydrolysis) is 1. The second-order valence-corrected chi connectivity index (χ2v) is 9.73. The van der Waals surface area contributed by atoms with Crippen molar-refractivity contribution in [1.29, 1.82) is 0 Å². The van der Waals surface area contributed by atoms with Crippen molar-refractivity contribution in [3.05, 3.63) is 130 Å². The predicted octanol–water partition coefficient (Wildman–Crippen LogP) is 6.48. The van der Waals surface area contributed by atoms with Crippen molar-refractivity contribution in [3.63, 3.8) is 0 Å². The summed E-state index contributed by atoms with van der Waals surface area (Å²) in [6.45, 7) is 0.901. The maximum Gasteiger partial charge on any atom is 0.407 e. The zero-order valence-corrected chi connectivity index (χ0v) is 22.9. The van der Waals surface area contributed by atoms with E-state index in [0.29, 0.717) is 29.1 Å². The van der Waals surface area contributed by atoms with Gasteiger partial charge < -0.3 is 25.8 Å². The molecule has 0 unspecified atom stereocenters. The van der Waals surface area contributed by atoms with Gasteiger partial charge in [-0.25, -0.2) is 4.79 Å². The minimum atomic E-state index is -0.648. The molecule has 0 aromatic heterocycles. The third-order valence-corrected chi connectivity index (χ3v) is 6.56. The lowest BCUT2D eigenvalue weighted by Crippen LogP contribution is -2.32. The van der Waals surface area contributed by atoms with E-state index in [9.17, 15) is 9.59 Å². The fraction of sp³-hybridized carbons (Fsp3) is 0.161. The van der Waals surface area contributed by atoms with E-state index in [0.717, 1.165) is 22.3 Å². The van der Waals surface area contributed by atoms with Gasteiger partial charge in [0.2, 0.25) is 5.91 Å². The monoisotopic (exact) mass is 587 g/mol.